The lowest BCUT2D eigenvalue weighted by Gasteiger charge is -2.10. The van der Waals surface area contributed by atoms with E-state index in [1.807, 2.05) is 36.8 Å². The molecular formula is C55H169Br4N11O10S4-114. The predicted molar refractivity (Wildman–Crippen MR) is 465 cm³/mol. The van der Waals surface area contributed by atoms with E-state index >= 15 is 0 Å². The zero-order valence-electron chi connectivity index (χ0n) is 159. The Hall–Kier alpha value is -6.21. The number of esters is 2. The van der Waals surface area contributed by atoms with Gasteiger partial charge in [-0.15, -0.1) is 46.2 Å². The Labute approximate surface area is 704 Å². The first-order chi connectivity index (χ1) is 40.6. The van der Waals surface area contributed by atoms with E-state index in [4.69, 9.17) is 9.68 Å². The Morgan fingerprint density at radius 1 is 0.524 bits per heavy atom. The lowest BCUT2D eigenvalue weighted by molar-refractivity contribution is -0.138. The summed E-state index contributed by atoms with van der Waals surface area (Å²) in [6, 6.07) is 17.4. The van der Waals surface area contributed by atoms with Gasteiger partial charge < -0.3 is 182 Å². The van der Waals surface area contributed by atoms with Crippen molar-refractivity contribution in [3.8, 4) is 0 Å². The molecule has 0 radical (unpaired) electrons. The third-order valence-corrected chi connectivity index (χ3v) is 15.5. The third kappa shape index (κ3) is 24.4. The normalized spacial score (nSPS) is 12.9. The van der Waals surface area contributed by atoms with E-state index in [0.717, 1.165) is 70.5 Å². The minimum atomic E-state index is -0.850. The first kappa shape index (κ1) is 68.6. The predicted octanol–water partition coefficient (Wildman–Crippen LogP) is 25.7. The molecule has 7 heterocycles. The van der Waals surface area contributed by atoms with Gasteiger partial charge in [0.05, 0.1) is 23.3 Å². The fourth-order valence-electron chi connectivity index (χ4n) is 6.86. The molecule has 21 nitrogen and oxygen atoms in total. The zero-order valence-corrected chi connectivity index (χ0v) is 55.1. The molecular weight excluding hydrogens is 1420 g/mol. The van der Waals surface area contributed by atoms with Gasteiger partial charge in [-0.25, -0.2) is 44.5 Å². The van der Waals surface area contributed by atoms with Gasteiger partial charge in [0.2, 0.25) is 0 Å². The Morgan fingerprint density at radius 3 is 1.20 bits per heavy atom. The number of hydrogen-bond acceptors (Lipinski definition) is 23. The molecule has 2 saturated carbocycles. The van der Waals surface area contributed by atoms with E-state index in [0.29, 0.717) is 30.6 Å². The second kappa shape index (κ2) is 38.0. The molecule has 2 aliphatic carbocycles. The highest BCUT2D eigenvalue weighted by Crippen LogP contribution is 2.24. The van der Waals surface area contributed by atoms with Crippen molar-refractivity contribution in [2.75, 3.05) is 36.4 Å². The standard InChI is InChI=1S/C16H18N4O2S2.C15H15BrN4O2S.C10H11NO3S.C9H8BrNO3.C5H3Br2N.114H/c1-23-13-7-6-11(10-18-13)14(20-22-12-4-2-3-5-12)15(21)19-16-17-8-9-24-16;16-12-6-5-10(9-18-12)13(20-22-11-3-1-2-4-11)14(21)19-15-17-7-8-23-15;1-3-14-10(13)9(12)7-4-5-8(15-2)11-6-7;1-2-14-9(13)8(12)6-3-4-7(10)11-5-6;6-4-1-2-5(7)8-3-4;;;;;;;;;;;;;;;;;;;;;;;;;;;;;;;;;;;;;;;;;;;;;;;;;;;;;;;;;;;;;;;;;;;;;;;;;;;;;;;;;;;;;;;;;;;;;;;;;;;;;;;;;;;;;;;;;;/h6-10,12H,2-5H2,1H3,(H,17,19,21);5-9,11H,1-4H2,(H,17,19,21);4-6H,3H2,1-2H3;3-5H,2H2,1H3;1-3H;;;;;;;;;;;;;;;;;;;;;;;;;;;;;;;;;;;;;;;;;;;;;;;;;;;;;;;;;;;;;;;;;;;;;;;;;;;;;;;;;;;;;;;;;;;;;;;;;;;;;;;;;;;;;;;;;;/q;;;;;114*-1/b20-14+;20-13+;;;;;;;;;;;;;;;;;;;;;;;;;;;;;;;;;;;;;;;;;;;;;;;;;;;;;;;;;;;;;;;;;;;;;;;;;;;;;;;;;;;;;;;;;;;;;;;;;;;;;;;;;;;;;;;;;;;;;/i;;;;;114*1+1. The zero-order chi connectivity index (χ0) is 60.6. The summed E-state index contributed by atoms with van der Waals surface area (Å²) in [6.45, 7) is 3.68. The molecule has 2 amide bonds. The molecule has 0 spiro atoms. The van der Waals surface area contributed by atoms with E-state index < -0.39 is 23.5 Å². The summed E-state index contributed by atoms with van der Waals surface area (Å²) in [6.07, 6.45) is 23.4. The molecule has 84 heavy (non-hydrogen) atoms. The molecule has 0 atom stereocenters. The van der Waals surface area contributed by atoms with Crippen LogP contribution in [0.15, 0.2) is 153 Å². The van der Waals surface area contributed by atoms with Gasteiger partial charge in [0.15, 0.2) is 21.7 Å². The number of oxime groups is 2. The smallest absolute Gasteiger partial charge is 0.379 e. The van der Waals surface area contributed by atoms with E-state index in [1.165, 1.54) is 52.9 Å². The molecule has 0 aromatic carbocycles. The number of pyridine rings is 5. The average Bonchev–Trinajstić information content (AvgIpc) is 1.83. The van der Waals surface area contributed by atoms with Crippen molar-refractivity contribution in [2.24, 2.45) is 10.3 Å². The number of hydrogen-bond donors (Lipinski definition) is 2. The first-order valence-electron chi connectivity index (χ1n) is 25.4. The molecule has 2 fully saturated rings. The number of ketones is 2. The quantitative estimate of drug-likeness (QED) is 0.0154. The SMILES string of the molecule is Brc1ccc(Br)nc1.CCOC(=O)C(=O)c1ccc(Br)nc1.CCOC(=O)C(=O)c1ccc(SC)nc1.CSc1ccc(/C(=N\OC2CCCC2)C(=O)Nc2nccs2)cn1.O=C(Nc1nccs1)/C(=N/OC1CCCC1)c1ccc(Br)nc1.[2H-].[2H-].[2H-].[2H-].[2H-].[2H-].[2H-].[2H-].[2H-].[2H-].[2H-].[2H-].[2H-].[2H-].[2H-].[2H-].[2H-].[2H-].[2H-].[2H-].[2H-].[2H-].[2H-].[2H-].[2H-].[2H-].[2H-].[2H-].[2H-].[2H-].[2H-].[2H-].[2H-].[2H-].[2H-].[2H-].[2H-].[2H-].[2H-].[2H-].[2H-].[2H-].[2H-].[2H-].[2H-].[2H-].[2H-].[2H-].[2H-].[2H-].[2H-].[2H-].[2H-].[2H-].[2H-].[2H-].[2H-].[2H-].[2H-].[2H-].[2H-].[2H-].[2H-].[2H-].[2H-].[2H-].[2H-].[2H-].[2H-].[2H-].[2H-].[2H-].[2H-].[2H-].[2H-].[2H-].[2H-].[2H-].[2H-].[2H-].[2H-].[2H-].[2H-].[2H-].[2H-].[2H-].[2H-].[2H-].[2H-].[2H-].[2H-].[2H-].[2H-].[2H-].[2H-].[2H-].[2H-].[2H-].[2H-].[2H-].[2H-].[2H-].[2H-].[2H-].[2H-].[2H-].[2H-].[2H-].[2H-].[2H-].[2H-].[2H-].[2H-].[2H-]. The summed E-state index contributed by atoms with van der Waals surface area (Å²) in [7, 11) is 0. The van der Waals surface area contributed by atoms with E-state index in [1.54, 1.807) is 97.7 Å². The molecule has 670 valence electrons. The van der Waals surface area contributed by atoms with Crippen LogP contribution in [0.3, 0.4) is 0 Å². The number of carbonyl (C=O) groups is 6. The number of thioether (sulfide) groups is 2. The number of rotatable bonds is 18. The van der Waals surface area contributed by atoms with Crippen LogP contribution < -0.4 is 10.6 Å². The summed E-state index contributed by atoms with van der Waals surface area (Å²) in [5, 5.41) is 20.1. The maximum Gasteiger partial charge on any atom is 0.379 e. The van der Waals surface area contributed by atoms with Gasteiger partial charge in [-0.05, 0) is 202 Å². The Kier molecular flexibility index (Phi) is 31.0. The third-order valence-electron chi connectivity index (χ3n) is 11.0. The number of nitrogens with zero attached hydrogens (tertiary/aromatic N) is 9. The molecule has 2 aliphatic rings. The van der Waals surface area contributed by atoms with Crippen LogP contribution in [-0.4, -0.2) is 120 Å². The summed E-state index contributed by atoms with van der Waals surface area (Å²) >= 11 is 18.6. The molecule has 7 aromatic heterocycles. The van der Waals surface area contributed by atoms with Crippen molar-refractivity contribution in [3.63, 3.8) is 0 Å². The molecule has 29 heteroatoms. The average molecular weight is 1710 g/mol. The summed E-state index contributed by atoms with van der Waals surface area (Å²) in [5.74, 6) is -3.72. The van der Waals surface area contributed by atoms with Crippen LogP contribution in [0.5, 0.6) is 0 Å². The van der Waals surface area contributed by atoms with Gasteiger partial charge in [-0.1, -0.05) is 10.3 Å². The van der Waals surface area contributed by atoms with E-state index in [-0.39, 0.29) is 222 Å². The number of aromatic nitrogens is 7. The van der Waals surface area contributed by atoms with Gasteiger partial charge >= 0.3 is 11.9 Å². The number of ether oxygens (including phenoxy) is 2. The largest absolute Gasteiger partial charge is 1.00 e. The van der Waals surface area contributed by atoms with Crippen molar-refractivity contribution in [3.05, 3.63) is 155 Å². The molecule has 0 saturated heterocycles. The fourth-order valence-corrected chi connectivity index (χ4v) is 9.58. The number of halogens is 4. The Morgan fingerprint density at radius 2 is 0.893 bits per heavy atom. The van der Waals surface area contributed by atoms with Crippen LogP contribution in [0.25, 0.3) is 0 Å². The van der Waals surface area contributed by atoms with Crippen LogP contribution in [0.2, 0.25) is 0 Å². The van der Waals surface area contributed by atoms with Gasteiger partial charge in [-0.2, -0.15) is 0 Å². The lowest BCUT2D eigenvalue weighted by Crippen LogP contribution is -2.25. The van der Waals surface area contributed by atoms with Gasteiger partial charge in [0.25, 0.3) is 23.4 Å². The van der Waals surface area contributed by atoms with Crippen LogP contribution in [0, 0.1) is 0 Å². The highest BCUT2D eigenvalue weighted by Gasteiger charge is 2.23. The monoisotopic (exact) mass is 1700 g/mol. The number of thiazole rings is 2. The molecule has 2 N–H and O–H groups in total. The van der Waals surface area contributed by atoms with Crippen molar-refractivity contribution in [1.29, 1.82) is 0 Å². The number of amides is 2. The Bertz CT molecular complexity index is 3410. The fraction of sp³-hybridized carbons (Fsp3) is 0.291. The number of anilines is 2. The maximum atomic E-state index is 12.6. The highest BCUT2D eigenvalue weighted by atomic mass is 79.9. The molecule has 0 bridgehead atoms. The van der Waals surface area contributed by atoms with Crippen LogP contribution in [0.1, 0.15) is 260 Å². The van der Waals surface area contributed by atoms with Gasteiger partial charge in [-0.3, -0.25) is 29.8 Å². The number of nitrogens with one attached hydrogen (secondary N) is 2. The maximum absolute atomic E-state index is 12.6. The van der Waals surface area contributed by atoms with Gasteiger partial charge in [0, 0.05) is 80.9 Å². The van der Waals surface area contributed by atoms with E-state index in [9.17, 15) is 28.8 Å². The van der Waals surface area contributed by atoms with Crippen LogP contribution in [-0.2, 0) is 38.3 Å². The second-order valence-corrected chi connectivity index (χ2v) is 23.6. The Balaban J connectivity index is -0.00000000401. The van der Waals surface area contributed by atoms with Gasteiger partial charge in [0.1, 0.15) is 26.0 Å². The molecule has 7 aromatic rings. The second-order valence-electron chi connectivity index (χ2n) is 16.8. The summed E-state index contributed by atoms with van der Waals surface area (Å²) in [5.41, 5.74) is 2.13. The van der Waals surface area contributed by atoms with E-state index in [2.05, 4.69) is 129 Å². The van der Waals surface area contributed by atoms with Crippen molar-refractivity contribution >= 4 is 167 Å². The molecule has 0 unspecified atom stereocenters. The lowest BCUT2D eigenvalue weighted by atomic mass is 10.1. The topological polar surface area (TPSA) is 278 Å². The molecule has 0 aliphatic heterocycles. The number of Topliss-reactive ketones (excluding diaryl/α,β-unsaturated/α-hetero) is 2. The molecule has 9 rings (SSSR count). The first-order valence-corrected chi connectivity index (χ1v) is 32.8. The number of carbonyl (C=O) groups excluding carboxylic acids is 6. The van der Waals surface area contributed by atoms with Crippen LogP contribution in [0.4, 0.5) is 10.3 Å². The van der Waals surface area contributed by atoms with Crippen molar-refractivity contribution < 1.29 is 211 Å². The minimum absolute atomic E-state index is 0. The van der Waals surface area contributed by atoms with Crippen molar-refractivity contribution in [1.82, 2.24) is 34.9 Å². The minimum Gasteiger partial charge on any atom is -1.00 e. The summed E-state index contributed by atoms with van der Waals surface area (Å²) in [4.78, 5) is 109. The summed E-state index contributed by atoms with van der Waals surface area (Å²) < 4.78 is 12.3. The van der Waals surface area contributed by atoms with Crippen LogP contribution >= 0.6 is 110 Å². The highest BCUT2D eigenvalue weighted by molar-refractivity contribution is 9.11. The van der Waals surface area contributed by atoms with Crippen molar-refractivity contribution in [2.45, 2.75) is 87.5 Å².